The van der Waals surface area contributed by atoms with Crippen LogP contribution in [0.25, 0.3) is 0 Å². The number of carbonyl (C=O) groups excluding carboxylic acids is 1. The van der Waals surface area contributed by atoms with Crippen molar-refractivity contribution in [2.24, 2.45) is 5.73 Å². The van der Waals surface area contributed by atoms with Crippen LogP contribution in [0.2, 0.25) is 0 Å². The van der Waals surface area contributed by atoms with E-state index >= 15 is 0 Å². The Hall–Kier alpha value is -1.38. The molecule has 0 unspecified atom stereocenters. The molecule has 0 aromatic carbocycles. The molecular weight excluding hydrogens is 152 g/mol. The molecule has 0 atom stereocenters. The summed E-state index contributed by atoms with van der Waals surface area (Å²) in [5.74, 6) is -0.425. The minimum absolute atomic E-state index is 0.425. The van der Waals surface area contributed by atoms with Gasteiger partial charge in [0.2, 0.25) is 5.91 Å². The van der Waals surface area contributed by atoms with Gasteiger partial charge >= 0.3 is 0 Å². The number of aryl methyl sites for hydroxylation is 1. The van der Waals surface area contributed by atoms with Crippen LogP contribution in [-0.4, -0.2) is 10.9 Å². The zero-order valence-corrected chi connectivity index (χ0v) is 7.08. The first-order chi connectivity index (χ1) is 5.74. The number of aromatic nitrogens is 1. The lowest BCUT2D eigenvalue weighted by atomic mass is 10.2. The molecule has 0 saturated heterocycles. The molecule has 1 aromatic rings. The molecule has 1 aromatic heterocycles. The fourth-order valence-electron chi connectivity index (χ4n) is 0.974. The van der Waals surface area contributed by atoms with Crippen molar-refractivity contribution >= 4 is 5.91 Å². The zero-order chi connectivity index (χ0) is 8.97. The third-order valence-corrected chi connectivity index (χ3v) is 1.62. The van der Waals surface area contributed by atoms with E-state index in [9.17, 15) is 4.79 Å². The lowest BCUT2D eigenvalue weighted by Crippen LogP contribution is -2.11. The van der Waals surface area contributed by atoms with E-state index in [-0.39, 0.29) is 0 Å². The summed E-state index contributed by atoms with van der Waals surface area (Å²) in [7, 11) is 0. The number of primary amides is 1. The van der Waals surface area contributed by atoms with Gasteiger partial charge in [-0.15, -0.1) is 0 Å². The highest BCUT2D eigenvalue weighted by Crippen LogP contribution is 2.01. The van der Waals surface area contributed by atoms with E-state index in [1.807, 2.05) is 6.07 Å². The van der Waals surface area contributed by atoms with E-state index < -0.39 is 5.91 Å². The van der Waals surface area contributed by atoms with Crippen LogP contribution in [0.4, 0.5) is 0 Å². The largest absolute Gasteiger partial charge is 0.366 e. The second-order valence-corrected chi connectivity index (χ2v) is 2.65. The van der Waals surface area contributed by atoms with Crippen molar-refractivity contribution in [3.05, 3.63) is 29.6 Å². The summed E-state index contributed by atoms with van der Waals surface area (Å²) in [6.07, 6.45) is 3.52. The molecule has 1 amide bonds. The van der Waals surface area contributed by atoms with E-state index in [4.69, 9.17) is 5.73 Å². The summed E-state index contributed by atoms with van der Waals surface area (Å²) in [6, 6.07) is 3.55. The summed E-state index contributed by atoms with van der Waals surface area (Å²) in [5.41, 5.74) is 6.53. The minimum Gasteiger partial charge on any atom is -0.366 e. The fraction of sp³-hybridized carbons (Fsp3) is 0.333. The van der Waals surface area contributed by atoms with Gasteiger partial charge in [-0.25, -0.2) is 0 Å². The molecule has 0 aliphatic rings. The van der Waals surface area contributed by atoms with Gasteiger partial charge in [-0.1, -0.05) is 13.3 Å². The summed E-state index contributed by atoms with van der Waals surface area (Å²) in [4.78, 5) is 14.7. The number of hydrogen-bond donors (Lipinski definition) is 1. The number of amides is 1. The number of nitrogens with zero attached hydrogens (tertiary/aromatic N) is 1. The summed E-state index contributed by atoms with van der Waals surface area (Å²) in [5, 5.41) is 0. The number of nitrogens with two attached hydrogens (primary N) is 1. The predicted octanol–water partition coefficient (Wildman–Crippen LogP) is 1.13. The highest BCUT2D eigenvalue weighted by molar-refractivity contribution is 5.92. The van der Waals surface area contributed by atoms with Gasteiger partial charge in [0.15, 0.2) is 0 Å². The van der Waals surface area contributed by atoms with Gasteiger partial charge < -0.3 is 5.73 Å². The maximum Gasteiger partial charge on any atom is 0.250 e. The normalized spacial score (nSPS) is 9.75. The topological polar surface area (TPSA) is 56.0 Å². The van der Waals surface area contributed by atoms with E-state index in [2.05, 4.69) is 11.9 Å². The number of pyridine rings is 1. The van der Waals surface area contributed by atoms with Gasteiger partial charge in [0.1, 0.15) is 0 Å². The standard InChI is InChI=1S/C9H12N2O/c1-2-3-8-5-4-7(6-11-8)9(10)12/h4-6H,2-3H2,1H3,(H2,10,12). The molecule has 0 aliphatic heterocycles. The second-order valence-electron chi connectivity index (χ2n) is 2.65. The SMILES string of the molecule is CCCc1ccc(C(N)=O)cn1. The van der Waals surface area contributed by atoms with Crippen molar-refractivity contribution < 1.29 is 4.79 Å². The van der Waals surface area contributed by atoms with Crippen molar-refractivity contribution in [2.45, 2.75) is 19.8 Å². The van der Waals surface area contributed by atoms with Crippen LogP contribution < -0.4 is 5.73 Å². The molecule has 12 heavy (non-hydrogen) atoms. The van der Waals surface area contributed by atoms with Gasteiger partial charge in [0, 0.05) is 11.9 Å². The molecule has 0 fully saturated rings. The maximum atomic E-state index is 10.7. The lowest BCUT2D eigenvalue weighted by molar-refractivity contribution is 0.1000. The predicted molar refractivity (Wildman–Crippen MR) is 46.7 cm³/mol. The first-order valence-electron chi connectivity index (χ1n) is 3.98. The smallest absolute Gasteiger partial charge is 0.250 e. The summed E-state index contributed by atoms with van der Waals surface area (Å²) >= 11 is 0. The lowest BCUT2D eigenvalue weighted by Gasteiger charge is -1.97. The van der Waals surface area contributed by atoms with Crippen molar-refractivity contribution in [2.75, 3.05) is 0 Å². The van der Waals surface area contributed by atoms with Crippen molar-refractivity contribution in [1.82, 2.24) is 4.98 Å². The zero-order valence-electron chi connectivity index (χ0n) is 7.08. The number of carbonyl (C=O) groups is 1. The highest BCUT2D eigenvalue weighted by Gasteiger charge is 1.99. The molecule has 0 radical (unpaired) electrons. The van der Waals surface area contributed by atoms with E-state index in [0.717, 1.165) is 18.5 Å². The monoisotopic (exact) mass is 164 g/mol. The van der Waals surface area contributed by atoms with Crippen molar-refractivity contribution in [1.29, 1.82) is 0 Å². The number of hydrogen-bond acceptors (Lipinski definition) is 2. The molecule has 0 spiro atoms. The first kappa shape index (κ1) is 8.71. The quantitative estimate of drug-likeness (QED) is 0.728. The van der Waals surface area contributed by atoms with Gasteiger partial charge in [-0.2, -0.15) is 0 Å². The van der Waals surface area contributed by atoms with Crippen LogP contribution in [-0.2, 0) is 6.42 Å². The van der Waals surface area contributed by atoms with Crippen LogP contribution >= 0.6 is 0 Å². The van der Waals surface area contributed by atoms with Gasteiger partial charge in [-0.05, 0) is 18.6 Å². The average molecular weight is 164 g/mol. The molecule has 0 saturated carbocycles. The molecule has 0 aliphatic carbocycles. The fourth-order valence-corrected chi connectivity index (χ4v) is 0.974. The molecule has 1 heterocycles. The Morgan fingerprint density at radius 1 is 1.58 bits per heavy atom. The van der Waals surface area contributed by atoms with E-state index in [1.54, 1.807) is 6.07 Å². The Bertz CT molecular complexity index is 266. The third kappa shape index (κ3) is 2.05. The Balaban J connectivity index is 2.78. The Morgan fingerprint density at radius 2 is 2.33 bits per heavy atom. The van der Waals surface area contributed by atoms with Crippen molar-refractivity contribution in [3.8, 4) is 0 Å². The van der Waals surface area contributed by atoms with Crippen LogP contribution in [0, 0.1) is 0 Å². The molecule has 64 valence electrons. The van der Waals surface area contributed by atoms with Crippen LogP contribution in [0.1, 0.15) is 29.4 Å². The molecule has 3 heteroatoms. The van der Waals surface area contributed by atoms with Gasteiger partial charge in [-0.3, -0.25) is 9.78 Å². The number of rotatable bonds is 3. The maximum absolute atomic E-state index is 10.7. The van der Waals surface area contributed by atoms with Crippen molar-refractivity contribution in [3.63, 3.8) is 0 Å². The Morgan fingerprint density at radius 3 is 2.75 bits per heavy atom. The van der Waals surface area contributed by atoms with Gasteiger partial charge in [0.05, 0.1) is 5.56 Å². The first-order valence-corrected chi connectivity index (χ1v) is 3.98. The Kier molecular flexibility index (Phi) is 2.80. The average Bonchev–Trinajstić information content (AvgIpc) is 2.06. The molecular formula is C9H12N2O. The van der Waals surface area contributed by atoms with Crippen LogP contribution in [0.15, 0.2) is 18.3 Å². The minimum atomic E-state index is -0.425. The van der Waals surface area contributed by atoms with Gasteiger partial charge in [0.25, 0.3) is 0 Å². The van der Waals surface area contributed by atoms with Crippen LogP contribution in [0.5, 0.6) is 0 Å². The summed E-state index contributed by atoms with van der Waals surface area (Å²) < 4.78 is 0. The van der Waals surface area contributed by atoms with E-state index in [1.165, 1.54) is 6.20 Å². The highest BCUT2D eigenvalue weighted by atomic mass is 16.1. The molecule has 1 rings (SSSR count). The molecule has 2 N–H and O–H groups in total. The summed E-state index contributed by atoms with van der Waals surface area (Å²) in [6.45, 7) is 2.09. The van der Waals surface area contributed by atoms with Crippen LogP contribution in [0.3, 0.4) is 0 Å². The second kappa shape index (κ2) is 3.85. The van der Waals surface area contributed by atoms with E-state index in [0.29, 0.717) is 5.56 Å². The molecule has 0 bridgehead atoms. The third-order valence-electron chi connectivity index (χ3n) is 1.62. The molecule has 3 nitrogen and oxygen atoms in total. The Labute approximate surface area is 71.6 Å².